The molecule has 1 atom stereocenters. The second kappa shape index (κ2) is 6.48. The van der Waals surface area contributed by atoms with Gasteiger partial charge < -0.3 is 10.5 Å². The summed E-state index contributed by atoms with van der Waals surface area (Å²) >= 11 is 0. The van der Waals surface area contributed by atoms with Crippen molar-refractivity contribution in [1.29, 1.82) is 0 Å². The molecule has 0 radical (unpaired) electrons. The van der Waals surface area contributed by atoms with Crippen LogP contribution in [-0.2, 0) is 6.42 Å². The lowest BCUT2D eigenvalue weighted by Crippen LogP contribution is -2.11. The molecule has 0 bridgehead atoms. The van der Waals surface area contributed by atoms with Gasteiger partial charge in [-0.1, -0.05) is 32.4 Å². The van der Waals surface area contributed by atoms with E-state index in [9.17, 15) is 4.39 Å². The zero-order chi connectivity index (χ0) is 12.0. The van der Waals surface area contributed by atoms with E-state index in [-0.39, 0.29) is 5.82 Å². The van der Waals surface area contributed by atoms with Crippen molar-refractivity contribution in [3.05, 3.63) is 29.6 Å². The Bertz CT molecular complexity index is 328. The standard InChI is InChI=1S/C13H20FNO/c1-3-10(2)9-16-13-11(7-8-15)5-4-6-12(13)14/h4-6,10H,3,7-9,15H2,1-2H3. The van der Waals surface area contributed by atoms with Crippen molar-refractivity contribution in [3.63, 3.8) is 0 Å². The summed E-state index contributed by atoms with van der Waals surface area (Å²) in [6.45, 7) is 5.23. The van der Waals surface area contributed by atoms with Gasteiger partial charge in [-0.2, -0.15) is 0 Å². The van der Waals surface area contributed by atoms with Crippen LogP contribution in [0.1, 0.15) is 25.8 Å². The minimum Gasteiger partial charge on any atom is -0.490 e. The largest absolute Gasteiger partial charge is 0.490 e. The van der Waals surface area contributed by atoms with E-state index < -0.39 is 0 Å². The average Bonchev–Trinajstić information content (AvgIpc) is 2.28. The molecular formula is C13H20FNO. The Kier molecular flexibility index (Phi) is 5.26. The average molecular weight is 225 g/mol. The van der Waals surface area contributed by atoms with E-state index in [2.05, 4.69) is 13.8 Å². The first-order chi connectivity index (χ1) is 7.69. The summed E-state index contributed by atoms with van der Waals surface area (Å²) in [4.78, 5) is 0. The van der Waals surface area contributed by atoms with E-state index in [1.54, 1.807) is 6.07 Å². The monoisotopic (exact) mass is 225 g/mol. The zero-order valence-corrected chi connectivity index (χ0v) is 10.0. The van der Waals surface area contributed by atoms with Gasteiger partial charge in [-0.15, -0.1) is 0 Å². The normalized spacial score (nSPS) is 12.5. The number of hydrogen-bond acceptors (Lipinski definition) is 2. The van der Waals surface area contributed by atoms with E-state index in [1.165, 1.54) is 6.07 Å². The van der Waals surface area contributed by atoms with Crippen molar-refractivity contribution in [1.82, 2.24) is 0 Å². The Hall–Kier alpha value is -1.09. The maximum absolute atomic E-state index is 13.6. The number of para-hydroxylation sites is 1. The van der Waals surface area contributed by atoms with E-state index in [4.69, 9.17) is 10.5 Å². The van der Waals surface area contributed by atoms with Crippen LogP contribution in [0.25, 0.3) is 0 Å². The van der Waals surface area contributed by atoms with Crippen LogP contribution in [0, 0.1) is 11.7 Å². The molecule has 0 saturated carbocycles. The molecule has 3 heteroatoms. The Morgan fingerprint density at radius 2 is 2.19 bits per heavy atom. The van der Waals surface area contributed by atoms with Gasteiger partial charge in [0.15, 0.2) is 11.6 Å². The van der Waals surface area contributed by atoms with Gasteiger partial charge in [0, 0.05) is 0 Å². The summed E-state index contributed by atoms with van der Waals surface area (Å²) in [5, 5.41) is 0. The van der Waals surface area contributed by atoms with Crippen LogP contribution in [0.15, 0.2) is 18.2 Å². The van der Waals surface area contributed by atoms with Gasteiger partial charge in [0.1, 0.15) is 0 Å². The molecule has 0 aliphatic carbocycles. The smallest absolute Gasteiger partial charge is 0.165 e. The number of rotatable bonds is 6. The molecule has 1 aromatic carbocycles. The summed E-state index contributed by atoms with van der Waals surface area (Å²) in [5.74, 6) is 0.507. The van der Waals surface area contributed by atoms with Gasteiger partial charge in [-0.25, -0.2) is 4.39 Å². The molecule has 0 aromatic heterocycles. The number of benzene rings is 1. The molecule has 1 aromatic rings. The summed E-state index contributed by atoms with van der Waals surface area (Å²) in [7, 11) is 0. The molecule has 0 spiro atoms. The lowest BCUT2D eigenvalue weighted by atomic mass is 10.1. The minimum absolute atomic E-state index is 0.297. The van der Waals surface area contributed by atoms with Crippen molar-refractivity contribution >= 4 is 0 Å². The number of hydrogen-bond donors (Lipinski definition) is 1. The van der Waals surface area contributed by atoms with Crippen LogP contribution in [-0.4, -0.2) is 13.2 Å². The molecule has 0 aliphatic rings. The van der Waals surface area contributed by atoms with Crippen molar-refractivity contribution in [3.8, 4) is 5.75 Å². The van der Waals surface area contributed by atoms with Gasteiger partial charge in [-0.05, 0) is 30.5 Å². The van der Waals surface area contributed by atoms with Crippen molar-refractivity contribution in [2.75, 3.05) is 13.2 Å². The van der Waals surface area contributed by atoms with Crippen molar-refractivity contribution < 1.29 is 9.13 Å². The molecule has 1 unspecified atom stereocenters. The molecule has 2 N–H and O–H groups in total. The second-order valence-electron chi connectivity index (χ2n) is 4.09. The fourth-order valence-corrected chi connectivity index (χ4v) is 1.41. The third kappa shape index (κ3) is 3.49. The third-order valence-electron chi connectivity index (χ3n) is 2.67. The van der Waals surface area contributed by atoms with E-state index in [0.29, 0.717) is 31.2 Å². The molecule has 90 valence electrons. The lowest BCUT2D eigenvalue weighted by Gasteiger charge is -2.14. The Morgan fingerprint density at radius 1 is 1.44 bits per heavy atom. The summed E-state index contributed by atoms with van der Waals surface area (Å²) in [6, 6.07) is 4.98. The molecule has 0 saturated heterocycles. The summed E-state index contributed by atoms with van der Waals surface area (Å²) in [6.07, 6.45) is 1.67. The molecule has 2 nitrogen and oxygen atoms in total. The lowest BCUT2D eigenvalue weighted by molar-refractivity contribution is 0.244. The van der Waals surface area contributed by atoms with Crippen LogP contribution in [0.5, 0.6) is 5.75 Å². The Morgan fingerprint density at radius 3 is 2.81 bits per heavy atom. The number of ether oxygens (including phenoxy) is 1. The third-order valence-corrected chi connectivity index (χ3v) is 2.67. The highest BCUT2D eigenvalue weighted by molar-refractivity contribution is 5.35. The molecule has 1 rings (SSSR count). The van der Waals surface area contributed by atoms with Gasteiger partial charge >= 0.3 is 0 Å². The van der Waals surface area contributed by atoms with E-state index in [0.717, 1.165) is 12.0 Å². The zero-order valence-electron chi connectivity index (χ0n) is 10.0. The highest BCUT2D eigenvalue weighted by atomic mass is 19.1. The number of nitrogens with two attached hydrogens (primary N) is 1. The first-order valence-electron chi connectivity index (χ1n) is 5.79. The van der Waals surface area contributed by atoms with Gasteiger partial charge in [-0.3, -0.25) is 0 Å². The van der Waals surface area contributed by atoms with Crippen molar-refractivity contribution in [2.45, 2.75) is 26.7 Å². The summed E-state index contributed by atoms with van der Waals surface area (Å²) < 4.78 is 19.1. The van der Waals surface area contributed by atoms with Gasteiger partial charge in [0.05, 0.1) is 6.61 Å². The van der Waals surface area contributed by atoms with E-state index in [1.807, 2.05) is 6.07 Å². The molecule has 0 amide bonds. The number of halogens is 1. The molecule has 16 heavy (non-hydrogen) atoms. The van der Waals surface area contributed by atoms with Gasteiger partial charge in [0.2, 0.25) is 0 Å². The maximum atomic E-state index is 13.6. The molecular weight excluding hydrogens is 205 g/mol. The predicted octanol–water partition coefficient (Wildman–Crippen LogP) is 2.75. The van der Waals surface area contributed by atoms with E-state index >= 15 is 0 Å². The molecule has 0 aliphatic heterocycles. The van der Waals surface area contributed by atoms with Gasteiger partial charge in [0.25, 0.3) is 0 Å². The topological polar surface area (TPSA) is 35.2 Å². The quantitative estimate of drug-likeness (QED) is 0.808. The Labute approximate surface area is 96.6 Å². The second-order valence-corrected chi connectivity index (χ2v) is 4.09. The fourth-order valence-electron chi connectivity index (χ4n) is 1.41. The first-order valence-corrected chi connectivity index (χ1v) is 5.79. The highest BCUT2D eigenvalue weighted by Crippen LogP contribution is 2.23. The van der Waals surface area contributed by atoms with Crippen LogP contribution in [0.3, 0.4) is 0 Å². The summed E-state index contributed by atoms with van der Waals surface area (Å²) in [5.41, 5.74) is 6.34. The SMILES string of the molecule is CCC(C)COc1c(F)cccc1CCN. The van der Waals surface area contributed by atoms with Crippen LogP contribution in [0.4, 0.5) is 4.39 Å². The van der Waals surface area contributed by atoms with Crippen molar-refractivity contribution in [2.24, 2.45) is 11.7 Å². The maximum Gasteiger partial charge on any atom is 0.165 e. The predicted molar refractivity (Wildman–Crippen MR) is 64.1 cm³/mol. The highest BCUT2D eigenvalue weighted by Gasteiger charge is 2.10. The van der Waals surface area contributed by atoms with Crippen LogP contribution >= 0.6 is 0 Å². The minimum atomic E-state index is -0.297. The van der Waals surface area contributed by atoms with Crippen LogP contribution in [0.2, 0.25) is 0 Å². The first kappa shape index (κ1) is 13.0. The molecule has 0 heterocycles. The van der Waals surface area contributed by atoms with Crippen LogP contribution < -0.4 is 10.5 Å². The molecule has 0 fully saturated rings. The fraction of sp³-hybridized carbons (Fsp3) is 0.538. The Balaban J connectivity index is 2.75.